The number of pyridine rings is 1. The van der Waals surface area contributed by atoms with Crippen LogP contribution in [0, 0.1) is 5.82 Å². The Bertz CT molecular complexity index is 667. The molecule has 1 heterocycles. The third-order valence-electron chi connectivity index (χ3n) is 2.55. The fourth-order valence-electron chi connectivity index (χ4n) is 1.57. The largest absolute Gasteiger partial charge is 0.329 e. The van der Waals surface area contributed by atoms with Crippen LogP contribution in [0.1, 0.15) is 15.9 Å². The number of H-pyrrole nitrogens is 1. The predicted octanol–water partition coefficient (Wildman–Crippen LogP) is 1.23. The van der Waals surface area contributed by atoms with E-state index in [1.807, 2.05) is 0 Å². The van der Waals surface area contributed by atoms with Gasteiger partial charge in [0.2, 0.25) is 5.56 Å². The Kier molecular flexibility index (Phi) is 3.72. The minimum absolute atomic E-state index is 0.0440. The van der Waals surface area contributed by atoms with Gasteiger partial charge in [-0.05, 0) is 23.8 Å². The van der Waals surface area contributed by atoms with Gasteiger partial charge < -0.3 is 16.0 Å². The number of benzene rings is 1. The molecule has 2 rings (SSSR count). The highest BCUT2D eigenvalue weighted by atomic mass is 19.1. The van der Waals surface area contributed by atoms with Gasteiger partial charge in [-0.2, -0.15) is 0 Å². The van der Waals surface area contributed by atoms with Crippen LogP contribution in [0.25, 0.3) is 0 Å². The minimum Gasteiger partial charge on any atom is -0.329 e. The number of nitrogens with one attached hydrogen (secondary N) is 2. The molecule has 5 nitrogen and oxygen atoms in total. The summed E-state index contributed by atoms with van der Waals surface area (Å²) < 4.78 is 13.7. The van der Waals surface area contributed by atoms with E-state index in [1.165, 1.54) is 24.4 Å². The van der Waals surface area contributed by atoms with Gasteiger partial charge in [0, 0.05) is 24.4 Å². The highest BCUT2D eigenvalue weighted by Crippen LogP contribution is 2.16. The first kappa shape index (κ1) is 13.0. The third kappa shape index (κ3) is 3.05. The number of aromatic amines is 1. The number of carbonyl (C=O) groups is 1. The second kappa shape index (κ2) is 5.45. The Morgan fingerprint density at radius 1 is 1.32 bits per heavy atom. The van der Waals surface area contributed by atoms with E-state index < -0.39 is 17.3 Å². The summed E-state index contributed by atoms with van der Waals surface area (Å²) in [5.41, 5.74) is 5.82. The Morgan fingerprint density at radius 2 is 2.11 bits per heavy atom. The van der Waals surface area contributed by atoms with Crippen molar-refractivity contribution in [1.29, 1.82) is 0 Å². The molecule has 0 spiro atoms. The number of hydrogen-bond donors (Lipinski definition) is 3. The molecule has 0 atom stereocenters. The van der Waals surface area contributed by atoms with Crippen LogP contribution >= 0.6 is 0 Å². The van der Waals surface area contributed by atoms with Crippen molar-refractivity contribution in [2.24, 2.45) is 5.73 Å². The van der Waals surface area contributed by atoms with Crippen LogP contribution in [0.5, 0.6) is 0 Å². The van der Waals surface area contributed by atoms with Crippen LogP contribution in [0.15, 0.2) is 41.3 Å². The van der Waals surface area contributed by atoms with Crippen molar-refractivity contribution < 1.29 is 9.18 Å². The molecule has 0 fully saturated rings. The van der Waals surface area contributed by atoms with Crippen molar-refractivity contribution >= 4 is 11.6 Å². The summed E-state index contributed by atoms with van der Waals surface area (Å²) in [4.78, 5) is 25.3. The van der Waals surface area contributed by atoms with E-state index in [1.54, 1.807) is 6.07 Å². The highest BCUT2D eigenvalue weighted by molar-refractivity contribution is 6.04. The van der Waals surface area contributed by atoms with Crippen molar-refractivity contribution in [2.45, 2.75) is 6.54 Å². The zero-order valence-electron chi connectivity index (χ0n) is 9.94. The van der Waals surface area contributed by atoms with Crippen LogP contribution in [0.3, 0.4) is 0 Å². The molecule has 0 aliphatic rings. The summed E-state index contributed by atoms with van der Waals surface area (Å²) in [5.74, 6) is -1.12. The van der Waals surface area contributed by atoms with Gasteiger partial charge in [-0.15, -0.1) is 0 Å². The Hall–Kier alpha value is -2.47. The number of anilines is 1. The molecular formula is C13H12FN3O2. The number of nitrogens with two attached hydrogens (primary N) is 1. The molecule has 4 N–H and O–H groups in total. The summed E-state index contributed by atoms with van der Waals surface area (Å²) in [6, 6.07) is 6.89. The zero-order valence-corrected chi connectivity index (χ0v) is 9.94. The van der Waals surface area contributed by atoms with Crippen molar-refractivity contribution in [3.05, 3.63) is 63.8 Å². The average Bonchev–Trinajstić information content (AvgIpc) is 2.41. The normalized spacial score (nSPS) is 10.2. The van der Waals surface area contributed by atoms with Crippen LogP contribution in [-0.4, -0.2) is 10.9 Å². The molecule has 1 amide bonds. The quantitative estimate of drug-likeness (QED) is 0.776. The Labute approximate surface area is 108 Å². The lowest BCUT2D eigenvalue weighted by atomic mass is 10.2. The topological polar surface area (TPSA) is 88.0 Å². The van der Waals surface area contributed by atoms with Crippen molar-refractivity contribution in [2.75, 3.05) is 5.32 Å². The van der Waals surface area contributed by atoms with E-state index in [0.29, 0.717) is 5.56 Å². The molecule has 1 aromatic heterocycles. The first-order valence-corrected chi connectivity index (χ1v) is 5.59. The SMILES string of the molecule is NCc1ccc(NC(=O)c2cc[nH]c(=O)c2)c(F)c1. The summed E-state index contributed by atoms with van der Waals surface area (Å²) in [6.07, 6.45) is 1.35. The average molecular weight is 261 g/mol. The zero-order chi connectivity index (χ0) is 13.8. The summed E-state index contributed by atoms with van der Waals surface area (Å²) >= 11 is 0. The van der Waals surface area contributed by atoms with E-state index in [9.17, 15) is 14.0 Å². The fourth-order valence-corrected chi connectivity index (χ4v) is 1.57. The predicted molar refractivity (Wildman–Crippen MR) is 69.3 cm³/mol. The maximum Gasteiger partial charge on any atom is 0.255 e. The van der Waals surface area contributed by atoms with Crippen molar-refractivity contribution in [3.8, 4) is 0 Å². The van der Waals surface area contributed by atoms with Gasteiger partial charge in [-0.1, -0.05) is 6.07 Å². The van der Waals surface area contributed by atoms with E-state index in [0.717, 1.165) is 6.07 Å². The summed E-state index contributed by atoms with van der Waals surface area (Å²) in [7, 11) is 0. The lowest BCUT2D eigenvalue weighted by Gasteiger charge is -2.07. The number of carbonyl (C=O) groups excluding carboxylic acids is 1. The molecule has 1 aromatic carbocycles. The molecule has 2 aromatic rings. The molecule has 98 valence electrons. The molecular weight excluding hydrogens is 249 g/mol. The molecule has 0 radical (unpaired) electrons. The van der Waals surface area contributed by atoms with Crippen LogP contribution in [0.2, 0.25) is 0 Å². The van der Waals surface area contributed by atoms with Gasteiger partial charge in [0.25, 0.3) is 5.91 Å². The summed E-state index contributed by atoms with van der Waals surface area (Å²) in [6.45, 7) is 0.221. The van der Waals surface area contributed by atoms with Gasteiger partial charge in [-0.3, -0.25) is 9.59 Å². The van der Waals surface area contributed by atoms with Gasteiger partial charge in [0.05, 0.1) is 5.69 Å². The van der Waals surface area contributed by atoms with Gasteiger partial charge >= 0.3 is 0 Å². The maximum absolute atomic E-state index is 13.7. The van der Waals surface area contributed by atoms with Crippen LogP contribution < -0.4 is 16.6 Å². The van der Waals surface area contributed by atoms with E-state index in [2.05, 4.69) is 10.3 Å². The molecule has 0 aliphatic heterocycles. The molecule has 0 aliphatic carbocycles. The minimum atomic E-state index is -0.568. The number of amides is 1. The van der Waals surface area contributed by atoms with Gasteiger partial charge in [0.1, 0.15) is 5.82 Å². The van der Waals surface area contributed by atoms with Gasteiger partial charge in [-0.25, -0.2) is 4.39 Å². The summed E-state index contributed by atoms with van der Waals surface area (Å²) in [5, 5.41) is 2.40. The van der Waals surface area contributed by atoms with E-state index >= 15 is 0 Å². The molecule has 6 heteroatoms. The standard InChI is InChI=1S/C13H12FN3O2/c14-10-5-8(7-15)1-2-11(10)17-13(19)9-3-4-16-12(18)6-9/h1-6H,7,15H2,(H,16,18)(H,17,19). The van der Waals surface area contributed by atoms with Gasteiger partial charge in [0.15, 0.2) is 0 Å². The third-order valence-corrected chi connectivity index (χ3v) is 2.55. The first-order chi connectivity index (χ1) is 9.10. The molecule has 0 saturated carbocycles. The van der Waals surface area contributed by atoms with E-state index in [-0.39, 0.29) is 17.8 Å². The number of hydrogen-bond acceptors (Lipinski definition) is 3. The van der Waals surface area contributed by atoms with E-state index in [4.69, 9.17) is 5.73 Å². The first-order valence-electron chi connectivity index (χ1n) is 5.59. The second-order valence-electron chi connectivity index (χ2n) is 3.91. The highest BCUT2D eigenvalue weighted by Gasteiger charge is 2.10. The number of rotatable bonds is 3. The molecule has 0 bridgehead atoms. The monoisotopic (exact) mass is 261 g/mol. The molecule has 0 saturated heterocycles. The second-order valence-corrected chi connectivity index (χ2v) is 3.91. The molecule has 19 heavy (non-hydrogen) atoms. The van der Waals surface area contributed by atoms with Crippen molar-refractivity contribution in [1.82, 2.24) is 4.98 Å². The Morgan fingerprint density at radius 3 is 2.74 bits per heavy atom. The smallest absolute Gasteiger partial charge is 0.255 e. The van der Waals surface area contributed by atoms with Crippen LogP contribution in [0.4, 0.5) is 10.1 Å². The fraction of sp³-hybridized carbons (Fsp3) is 0.0769. The number of halogens is 1. The van der Waals surface area contributed by atoms with Crippen molar-refractivity contribution in [3.63, 3.8) is 0 Å². The Balaban J connectivity index is 2.22. The molecule has 0 unspecified atom stereocenters. The van der Waals surface area contributed by atoms with Crippen LogP contribution in [-0.2, 0) is 6.54 Å². The lowest BCUT2D eigenvalue weighted by Crippen LogP contribution is -2.16. The maximum atomic E-state index is 13.7. The number of aromatic nitrogens is 1. The lowest BCUT2D eigenvalue weighted by molar-refractivity contribution is 0.102.